The minimum absolute atomic E-state index is 0.0442. The number of allylic oxidation sites excluding steroid dienone is 7. The third-order valence-electron chi connectivity index (χ3n) is 12.1. The number of benzene rings is 1. The Hall–Kier alpha value is -2.52. The standard InChI is InChI=1S/C41H54/c1-25(2)33-21-32(17-20-38(10)18-15-14-16-19-38)28(6)36-29(7)37-31(9)41(13)30(8)35(26(3)4)27(5)22-40(41,12)24-39(37,11)23-34(33)36/h21,25H,3,7-8,14-16,18-19,22-24H2,1-2,4-6,9-13H3/t39-,40+,41-/m1/s1. The number of rotatable bonds is 2. The average molecular weight is 547 g/mol. The molecule has 0 bridgehead atoms. The quantitative estimate of drug-likeness (QED) is 0.324. The molecule has 0 heteroatoms. The van der Waals surface area contributed by atoms with E-state index in [0.717, 1.165) is 24.8 Å². The van der Waals surface area contributed by atoms with Crippen LogP contribution >= 0.6 is 0 Å². The van der Waals surface area contributed by atoms with E-state index >= 15 is 0 Å². The van der Waals surface area contributed by atoms with Gasteiger partial charge in [0.15, 0.2) is 0 Å². The van der Waals surface area contributed by atoms with Gasteiger partial charge in [-0.1, -0.05) is 102 Å². The van der Waals surface area contributed by atoms with Gasteiger partial charge in [-0.3, -0.25) is 0 Å². The average Bonchev–Trinajstić information content (AvgIpc) is 2.85. The molecule has 218 valence electrons. The number of hydrogen-bond donors (Lipinski definition) is 0. The minimum Gasteiger partial charge on any atom is -0.0955 e. The molecule has 0 amide bonds. The van der Waals surface area contributed by atoms with Crippen molar-refractivity contribution in [3.05, 3.63) is 87.1 Å². The van der Waals surface area contributed by atoms with Crippen molar-refractivity contribution in [3.63, 3.8) is 0 Å². The molecule has 0 saturated heterocycles. The summed E-state index contributed by atoms with van der Waals surface area (Å²) in [5.41, 5.74) is 16.4. The van der Waals surface area contributed by atoms with Crippen LogP contribution in [0.15, 0.2) is 59.2 Å². The first kappa shape index (κ1) is 30.0. The van der Waals surface area contributed by atoms with Crippen molar-refractivity contribution >= 4 is 5.57 Å². The zero-order valence-corrected chi connectivity index (χ0v) is 27.9. The van der Waals surface area contributed by atoms with Crippen LogP contribution in [-0.4, -0.2) is 0 Å². The van der Waals surface area contributed by atoms with Crippen LogP contribution in [0.1, 0.15) is 141 Å². The SMILES string of the molecule is C=C(C)C1=C(C)C[C@@]2(C)C[C@@]3(C)Cc4c(C(C)C)cc(C#CC5(C)CCCCC5)c(C)c4C(=C)C3=C(C)[C@@]2(C)C1=C. The van der Waals surface area contributed by atoms with Crippen LogP contribution in [-0.2, 0) is 6.42 Å². The molecule has 3 atom stereocenters. The Morgan fingerprint density at radius 2 is 1.59 bits per heavy atom. The van der Waals surface area contributed by atoms with Gasteiger partial charge in [-0.15, -0.1) is 0 Å². The maximum absolute atomic E-state index is 4.92. The molecule has 1 saturated carbocycles. The molecule has 0 heterocycles. The van der Waals surface area contributed by atoms with Gasteiger partial charge in [0, 0.05) is 16.4 Å². The summed E-state index contributed by atoms with van der Waals surface area (Å²) >= 11 is 0. The molecule has 1 fully saturated rings. The smallest absolute Gasteiger partial charge is 0.0290 e. The van der Waals surface area contributed by atoms with E-state index in [0.29, 0.717) is 5.92 Å². The van der Waals surface area contributed by atoms with E-state index < -0.39 is 0 Å². The van der Waals surface area contributed by atoms with E-state index in [-0.39, 0.29) is 21.7 Å². The number of hydrogen-bond acceptors (Lipinski definition) is 0. The Morgan fingerprint density at radius 3 is 2.17 bits per heavy atom. The third-order valence-corrected chi connectivity index (χ3v) is 12.1. The lowest BCUT2D eigenvalue weighted by Gasteiger charge is -2.62. The van der Waals surface area contributed by atoms with Crippen LogP contribution in [0.4, 0.5) is 0 Å². The second-order valence-electron chi connectivity index (χ2n) is 15.7. The first-order valence-electron chi connectivity index (χ1n) is 16.2. The summed E-state index contributed by atoms with van der Waals surface area (Å²) in [6.07, 6.45) is 9.71. The monoisotopic (exact) mass is 546 g/mol. The molecule has 0 aromatic heterocycles. The van der Waals surface area contributed by atoms with Crippen molar-refractivity contribution in [2.75, 3.05) is 0 Å². The summed E-state index contributed by atoms with van der Waals surface area (Å²) in [7, 11) is 0. The first-order valence-corrected chi connectivity index (χ1v) is 16.2. The molecule has 0 radical (unpaired) electrons. The van der Waals surface area contributed by atoms with E-state index in [1.807, 2.05) is 0 Å². The molecule has 0 N–H and O–H groups in total. The minimum atomic E-state index is -0.127. The van der Waals surface area contributed by atoms with Crippen LogP contribution in [0.3, 0.4) is 0 Å². The van der Waals surface area contributed by atoms with E-state index in [1.54, 1.807) is 0 Å². The topological polar surface area (TPSA) is 0 Å². The Balaban J connectivity index is 1.72. The molecule has 1 aromatic rings. The fraction of sp³-hybridized carbons (Fsp3) is 0.561. The molecule has 0 unspecified atom stereocenters. The highest BCUT2D eigenvalue weighted by Gasteiger charge is 2.59. The lowest BCUT2D eigenvalue weighted by atomic mass is 9.41. The van der Waals surface area contributed by atoms with Gasteiger partial charge in [0.05, 0.1) is 0 Å². The Labute approximate surface area is 252 Å². The molecule has 4 aliphatic carbocycles. The molecule has 1 aromatic carbocycles. The predicted molar refractivity (Wildman–Crippen MR) is 179 cm³/mol. The molecular weight excluding hydrogens is 492 g/mol. The molecule has 0 aliphatic heterocycles. The zero-order chi connectivity index (χ0) is 30.3. The summed E-state index contributed by atoms with van der Waals surface area (Å²) in [6, 6.07) is 2.44. The van der Waals surface area contributed by atoms with Crippen molar-refractivity contribution < 1.29 is 0 Å². The fourth-order valence-corrected chi connectivity index (χ4v) is 9.95. The van der Waals surface area contributed by atoms with Gasteiger partial charge >= 0.3 is 0 Å². The largest absolute Gasteiger partial charge is 0.0955 e. The van der Waals surface area contributed by atoms with Gasteiger partial charge in [0.2, 0.25) is 0 Å². The van der Waals surface area contributed by atoms with Crippen LogP contribution in [0, 0.1) is 40.4 Å². The lowest BCUT2D eigenvalue weighted by Crippen LogP contribution is -2.52. The molecule has 41 heavy (non-hydrogen) atoms. The summed E-state index contributed by atoms with van der Waals surface area (Å²) < 4.78 is 0. The van der Waals surface area contributed by atoms with Crippen molar-refractivity contribution in [1.82, 2.24) is 0 Å². The van der Waals surface area contributed by atoms with Crippen LogP contribution < -0.4 is 0 Å². The highest BCUT2D eigenvalue weighted by molar-refractivity contribution is 5.88. The predicted octanol–water partition coefficient (Wildman–Crippen LogP) is 11.6. The van der Waals surface area contributed by atoms with Gasteiger partial charge in [-0.2, -0.15) is 0 Å². The second-order valence-corrected chi connectivity index (χ2v) is 15.7. The van der Waals surface area contributed by atoms with Crippen molar-refractivity contribution in [2.24, 2.45) is 21.7 Å². The second kappa shape index (κ2) is 9.76. The molecule has 0 nitrogen and oxygen atoms in total. The highest BCUT2D eigenvalue weighted by atomic mass is 14.6. The summed E-state index contributed by atoms with van der Waals surface area (Å²) in [6.45, 7) is 37.8. The van der Waals surface area contributed by atoms with Crippen LogP contribution in [0.25, 0.3) is 5.57 Å². The maximum Gasteiger partial charge on any atom is 0.0290 e. The van der Waals surface area contributed by atoms with Gasteiger partial charge in [0.25, 0.3) is 0 Å². The summed E-state index contributed by atoms with van der Waals surface area (Å²) in [4.78, 5) is 0. The van der Waals surface area contributed by atoms with Crippen LogP contribution in [0.2, 0.25) is 0 Å². The van der Waals surface area contributed by atoms with Gasteiger partial charge in [0.1, 0.15) is 0 Å². The molecule has 0 spiro atoms. The van der Waals surface area contributed by atoms with E-state index in [9.17, 15) is 0 Å². The Morgan fingerprint density at radius 1 is 0.951 bits per heavy atom. The van der Waals surface area contributed by atoms with E-state index in [4.69, 9.17) is 13.2 Å². The van der Waals surface area contributed by atoms with Gasteiger partial charge in [-0.05, 0) is 134 Å². The normalized spacial score (nSPS) is 30.9. The Bertz CT molecular complexity index is 1500. The van der Waals surface area contributed by atoms with E-state index in [1.165, 1.54) is 93.4 Å². The van der Waals surface area contributed by atoms with Crippen LogP contribution in [0.5, 0.6) is 0 Å². The molecule has 4 aliphatic rings. The molecular formula is C41H54. The Kier molecular flexibility index (Phi) is 7.13. The molecule has 5 rings (SSSR count). The third kappa shape index (κ3) is 4.32. The first-order chi connectivity index (χ1) is 19.0. The fourth-order valence-electron chi connectivity index (χ4n) is 9.95. The highest BCUT2D eigenvalue weighted by Crippen LogP contribution is 2.70. The summed E-state index contributed by atoms with van der Waals surface area (Å²) in [5, 5.41) is 0. The van der Waals surface area contributed by atoms with Crippen molar-refractivity contribution in [3.8, 4) is 11.8 Å². The lowest BCUT2D eigenvalue weighted by molar-refractivity contribution is 0.0543. The van der Waals surface area contributed by atoms with Crippen molar-refractivity contribution in [2.45, 2.75) is 127 Å². The zero-order valence-electron chi connectivity index (χ0n) is 27.9. The van der Waals surface area contributed by atoms with Gasteiger partial charge in [-0.25, -0.2) is 0 Å². The van der Waals surface area contributed by atoms with Gasteiger partial charge < -0.3 is 0 Å². The van der Waals surface area contributed by atoms with Crippen molar-refractivity contribution in [1.29, 1.82) is 0 Å². The maximum atomic E-state index is 4.92. The van der Waals surface area contributed by atoms with E-state index in [2.05, 4.69) is 93.7 Å². The summed E-state index contributed by atoms with van der Waals surface area (Å²) in [5.74, 6) is 7.95. The number of fused-ring (bicyclic) bond motifs is 3.